The quantitative estimate of drug-likeness (QED) is 0.734. The van der Waals surface area contributed by atoms with Gasteiger partial charge in [-0.1, -0.05) is 53.7 Å². The van der Waals surface area contributed by atoms with Crippen LogP contribution in [0, 0.1) is 0 Å². The van der Waals surface area contributed by atoms with Crippen molar-refractivity contribution in [1.29, 1.82) is 0 Å². The number of hydrogen-bond acceptors (Lipinski definition) is 1. The summed E-state index contributed by atoms with van der Waals surface area (Å²) in [4.78, 5) is 10.7. The van der Waals surface area contributed by atoms with E-state index in [2.05, 4.69) is 53.7 Å². The van der Waals surface area contributed by atoms with Gasteiger partial charge in [0.05, 0.1) is 0 Å². The van der Waals surface area contributed by atoms with Gasteiger partial charge in [0.15, 0.2) is 0 Å². The lowest BCUT2D eigenvalue weighted by Crippen LogP contribution is -2.09. The maximum atomic E-state index is 10.7. The van der Waals surface area contributed by atoms with Gasteiger partial charge in [-0.05, 0) is 40.0 Å². The Morgan fingerprint density at radius 2 is 1.44 bits per heavy atom. The molecule has 1 nitrogen and oxygen atoms in total. The molecule has 0 aliphatic carbocycles. The lowest BCUT2D eigenvalue weighted by atomic mass is 9.80. The molecule has 0 bridgehead atoms. The Bertz CT molecular complexity index is 414. The zero-order valence-corrected chi connectivity index (χ0v) is 12.5. The summed E-state index contributed by atoms with van der Waals surface area (Å²) in [6.45, 7) is 13.4. The van der Waals surface area contributed by atoms with Gasteiger partial charge in [-0.25, -0.2) is 0 Å². The highest BCUT2D eigenvalue weighted by Gasteiger charge is 2.19. The lowest BCUT2D eigenvalue weighted by molar-refractivity contribution is 0.554. The first-order valence-electron chi connectivity index (χ1n) is 6.90. The van der Waals surface area contributed by atoms with Gasteiger partial charge < -0.3 is 0 Å². The van der Waals surface area contributed by atoms with E-state index < -0.39 is 0 Å². The zero-order valence-electron chi connectivity index (χ0n) is 12.5. The van der Waals surface area contributed by atoms with Crippen LogP contribution in [0.15, 0.2) is 12.1 Å². The molecule has 0 saturated carbocycles. The van der Waals surface area contributed by atoms with Crippen molar-refractivity contribution in [2.75, 3.05) is 0 Å². The van der Waals surface area contributed by atoms with Crippen LogP contribution in [-0.4, -0.2) is 6.29 Å². The van der Waals surface area contributed by atoms with Gasteiger partial charge in [0.25, 0.3) is 0 Å². The predicted molar refractivity (Wildman–Crippen MR) is 78.1 cm³/mol. The number of carbonyl (C=O) groups excluding carboxylic acids is 1. The normalized spacial score (nSPS) is 11.6. The Hall–Kier alpha value is -1.11. The lowest BCUT2D eigenvalue weighted by Gasteiger charge is -2.25. The number of rotatable bonds is 5. The largest absolute Gasteiger partial charge is 0.291 e. The molecule has 0 atom stereocenters. The van der Waals surface area contributed by atoms with Crippen LogP contribution in [-0.2, 0) is 11.2 Å². The van der Waals surface area contributed by atoms with E-state index in [0.717, 1.165) is 5.56 Å². The van der Waals surface area contributed by atoms with E-state index in [1.807, 2.05) is 6.29 Å². The molecule has 1 aromatic carbocycles. The van der Waals surface area contributed by atoms with Gasteiger partial charge in [-0.2, -0.15) is 0 Å². The van der Waals surface area contributed by atoms with Gasteiger partial charge in [0, 0.05) is 6.42 Å². The van der Waals surface area contributed by atoms with Crippen LogP contribution in [0.1, 0.15) is 81.5 Å². The molecule has 0 heterocycles. The minimum absolute atomic E-state index is 0.408. The molecule has 0 aliphatic heterocycles. The van der Waals surface area contributed by atoms with E-state index >= 15 is 0 Å². The van der Waals surface area contributed by atoms with Crippen molar-refractivity contribution in [2.45, 2.75) is 65.7 Å². The Morgan fingerprint density at radius 1 is 0.889 bits per heavy atom. The summed E-state index contributed by atoms with van der Waals surface area (Å²) < 4.78 is 0. The summed E-state index contributed by atoms with van der Waals surface area (Å²) in [5.74, 6) is 1.46. The van der Waals surface area contributed by atoms with E-state index in [9.17, 15) is 4.79 Å². The topological polar surface area (TPSA) is 17.1 Å². The molecule has 18 heavy (non-hydrogen) atoms. The Kier molecular flexibility index (Phi) is 5.13. The summed E-state index contributed by atoms with van der Waals surface area (Å²) in [6.07, 6.45) is 2.45. The van der Waals surface area contributed by atoms with Gasteiger partial charge in [0.1, 0.15) is 0 Å². The smallest absolute Gasteiger partial charge is 0.203 e. The highest BCUT2D eigenvalue weighted by atomic mass is 16.1. The van der Waals surface area contributed by atoms with Crippen molar-refractivity contribution in [3.63, 3.8) is 0 Å². The standard InChI is InChI=1S/C17H25O/c1-11(2)15-8-7-14(9-10-18)16(12(3)4)17(15)13(5)6/h7-8,11-13H,9H2,1-6H3. The van der Waals surface area contributed by atoms with Crippen molar-refractivity contribution in [3.8, 4) is 0 Å². The molecule has 99 valence electrons. The van der Waals surface area contributed by atoms with Gasteiger partial charge in [-0.15, -0.1) is 0 Å². The number of benzene rings is 1. The van der Waals surface area contributed by atoms with Crippen LogP contribution < -0.4 is 0 Å². The van der Waals surface area contributed by atoms with Gasteiger partial charge in [0.2, 0.25) is 6.29 Å². The molecule has 1 rings (SSSR count). The van der Waals surface area contributed by atoms with Gasteiger partial charge in [-0.3, -0.25) is 4.79 Å². The Balaban J connectivity index is 3.54. The summed E-state index contributed by atoms with van der Waals surface area (Å²) in [6, 6.07) is 4.31. The van der Waals surface area contributed by atoms with Crippen LogP contribution in [0.3, 0.4) is 0 Å². The fraction of sp³-hybridized carbons (Fsp3) is 0.588. The molecule has 0 N–H and O–H groups in total. The fourth-order valence-corrected chi connectivity index (χ4v) is 2.76. The van der Waals surface area contributed by atoms with Crippen LogP contribution in [0.25, 0.3) is 0 Å². The maximum Gasteiger partial charge on any atom is 0.203 e. The van der Waals surface area contributed by atoms with Crippen LogP contribution in [0.5, 0.6) is 0 Å². The molecule has 0 spiro atoms. The first kappa shape index (κ1) is 14.9. The van der Waals surface area contributed by atoms with Gasteiger partial charge >= 0.3 is 0 Å². The average molecular weight is 245 g/mol. The minimum atomic E-state index is 0.408. The molecule has 0 aliphatic rings. The first-order valence-corrected chi connectivity index (χ1v) is 6.90. The highest BCUT2D eigenvalue weighted by molar-refractivity contribution is 5.59. The molecule has 1 radical (unpaired) electrons. The Labute approximate surface area is 112 Å². The summed E-state index contributed by atoms with van der Waals surface area (Å²) in [5.41, 5.74) is 5.36. The molecular formula is C17H25O. The van der Waals surface area contributed by atoms with Crippen LogP contribution >= 0.6 is 0 Å². The Morgan fingerprint density at radius 3 is 1.83 bits per heavy atom. The van der Waals surface area contributed by atoms with Crippen molar-refractivity contribution in [2.24, 2.45) is 0 Å². The van der Waals surface area contributed by atoms with E-state index in [1.165, 1.54) is 16.7 Å². The molecule has 0 amide bonds. The molecule has 0 saturated heterocycles. The number of hydrogen-bond donors (Lipinski definition) is 0. The van der Waals surface area contributed by atoms with E-state index in [-0.39, 0.29) is 0 Å². The third-order valence-electron chi connectivity index (χ3n) is 3.45. The summed E-state index contributed by atoms with van der Waals surface area (Å²) in [7, 11) is 0. The first-order chi connectivity index (χ1) is 8.40. The molecule has 1 heteroatoms. The van der Waals surface area contributed by atoms with Crippen molar-refractivity contribution >= 4 is 6.29 Å². The van der Waals surface area contributed by atoms with E-state index in [0.29, 0.717) is 24.2 Å². The SMILES string of the molecule is CC(C)c1ccc(C[C]=O)c(C(C)C)c1C(C)C. The van der Waals surface area contributed by atoms with Crippen molar-refractivity contribution in [1.82, 2.24) is 0 Å². The van der Waals surface area contributed by atoms with E-state index in [1.54, 1.807) is 0 Å². The van der Waals surface area contributed by atoms with Crippen molar-refractivity contribution in [3.05, 3.63) is 34.4 Å². The fourth-order valence-electron chi connectivity index (χ4n) is 2.76. The molecule has 0 unspecified atom stereocenters. The second-order valence-corrected chi connectivity index (χ2v) is 5.93. The molecule has 0 fully saturated rings. The monoisotopic (exact) mass is 245 g/mol. The third kappa shape index (κ3) is 3.01. The van der Waals surface area contributed by atoms with Crippen LogP contribution in [0.2, 0.25) is 0 Å². The molecular weight excluding hydrogens is 220 g/mol. The average Bonchev–Trinajstić information content (AvgIpc) is 2.27. The second-order valence-electron chi connectivity index (χ2n) is 5.93. The molecule has 0 aromatic heterocycles. The summed E-state index contributed by atoms with van der Waals surface area (Å²) >= 11 is 0. The minimum Gasteiger partial charge on any atom is -0.291 e. The van der Waals surface area contributed by atoms with Crippen molar-refractivity contribution < 1.29 is 4.79 Å². The highest BCUT2D eigenvalue weighted by Crippen LogP contribution is 2.35. The molecule has 1 aromatic rings. The maximum absolute atomic E-state index is 10.7. The zero-order chi connectivity index (χ0) is 13.9. The third-order valence-corrected chi connectivity index (χ3v) is 3.45. The van der Waals surface area contributed by atoms with Crippen LogP contribution in [0.4, 0.5) is 0 Å². The predicted octanol–water partition coefficient (Wildman–Crippen LogP) is 4.71. The van der Waals surface area contributed by atoms with E-state index in [4.69, 9.17) is 0 Å². The summed E-state index contributed by atoms with van der Waals surface area (Å²) in [5, 5.41) is 0. The second kappa shape index (κ2) is 6.17.